The molecule has 0 saturated carbocycles. The summed E-state index contributed by atoms with van der Waals surface area (Å²) in [6.07, 6.45) is 2.98. The van der Waals surface area contributed by atoms with Crippen molar-refractivity contribution < 1.29 is 23.9 Å². The number of hydrogen-bond acceptors (Lipinski definition) is 8. The number of piperidine rings is 1. The van der Waals surface area contributed by atoms with Gasteiger partial charge >= 0.3 is 10.8 Å². The van der Waals surface area contributed by atoms with Crippen LogP contribution in [0.1, 0.15) is 79.2 Å². The van der Waals surface area contributed by atoms with Gasteiger partial charge in [-0.15, -0.1) is 0 Å². The molecule has 0 spiro atoms. The van der Waals surface area contributed by atoms with Gasteiger partial charge in [-0.3, -0.25) is 23.7 Å². The SMILES string of the molecule is CCOC(=O)c1ccc(N2C(=O)C3Sc4c(sc(=O)n4CC(=O)N4CCCCC4)C(c4ccc(C(C)(C)C)cc4)C3C2=O)cc1. The van der Waals surface area contributed by atoms with E-state index < -0.39 is 23.1 Å². The summed E-state index contributed by atoms with van der Waals surface area (Å²) in [6, 6.07) is 14.3. The van der Waals surface area contributed by atoms with Crippen LogP contribution in [0.5, 0.6) is 0 Å². The third kappa shape index (κ3) is 5.76. The quantitative estimate of drug-likeness (QED) is 0.268. The zero-order valence-electron chi connectivity index (χ0n) is 25.9. The molecule has 3 atom stereocenters. The van der Waals surface area contributed by atoms with E-state index in [1.807, 2.05) is 29.2 Å². The molecule has 9 nitrogen and oxygen atoms in total. The summed E-state index contributed by atoms with van der Waals surface area (Å²) >= 11 is 2.27. The lowest BCUT2D eigenvalue weighted by Gasteiger charge is -2.31. The molecule has 11 heteroatoms. The zero-order chi connectivity index (χ0) is 32.0. The summed E-state index contributed by atoms with van der Waals surface area (Å²) in [4.78, 5) is 70.7. The van der Waals surface area contributed by atoms with Gasteiger partial charge in [-0.05, 0) is 67.0 Å². The molecule has 0 N–H and O–H groups in total. The highest BCUT2D eigenvalue weighted by Crippen LogP contribution is 2.54. The first kappa shape index (κ1) is 31.3. The smallest absolute Gasteiger partial charge is 0.338 e. The third-order valence-corrected chi connectivity index (χ3v) is 11.4. The molecule has 2 aromatic carbocycles. The van der Waals surface area contributed by atoms with E-state index >= 15 is 0 Å². The summed E-state index contributed by atoms with van der Waals surface area (Å²) in [7, 11) is 0. The van der Waals surface area contributed by atoms with Crippen molar-refractivity contribution in [3.05, 3.63) is 79.8 Å². The van der Waals surface area contributed by atoms with Gasteiger partial charge in [0.2, 0.25) is 17.7 Å². The molecule has 3 aliphatic rings. The number of imide groups is 1. The van der Waals surface area contributed by atoms with Crippen molar-refractivity contribution in [1.82, 2.24) is 9.47 Å². The van der Waals surface area contributed by atoms with Crippen LogP contribution in [0.3, 0.4) is 0 Å². The van der Waals surface area contributed by atoms with E-state index in [9.17, 15) is 24.0 Å². The van der Waals surface area contributed by atoms with Crippen LogP contribution in [0, 0.1) is 5.92 Å². The number of carbonyl (C=O) groups is 4. The van der Waals surface area contributed by atoms with E-state index in [0.29, 0.717) is 34.2 Å². The van der Waals surface area contributed by atoms with Gasteiger partial charge in [0.1, 0.15) is 11.8 Å². The molecule has 0 radical (unpaired) electrons. The van der Waals surface area contributed by atoms with Crippen LogP contribution >= 0.6 is 23.1 Å². The molecule has 236 valence electrons. The maximum Gasteiger partial charge on any atom is 0.338 e. The molecule has 6 rings (SSSR count). The van der Waals surface area contributed by atoms with E-state index in [0.717, 1.165) is 41.7 Å². The lowest BCUT2D eigenvalue weighted by atomic mass is 9.81. The van der Waals surface area contributed by atoms with Crippen molar-refractivity contribution in [2.24, 2.45) is 5.92 Å². The molecule has 0 aliphatic carbocycles. The Balaban J connectivity index is 1.40. The number of thiazole rings is 1. The number of rotatable bonds is 6. The predicted octanol–water partition coefficient (Wildman–Crippen LogP) is 5.19. The van der Waals surface area contributed by atoms with Crippen LogP contribution in [-0.2, 0) is 31.1 Å². The fourth-order valence-electron chi connectivity index (χ4n) is 6.40. The highest BCUT2D eigenvalue weighted by molar-refractivity contribution is 8.00. The van der Waals surface area contributed by atoms with Crippen molar-refractivity contribution in [1.29, 1.82) is 0 Å². The predicted molar refractivity (Wildman–Crippen MR) is 174 cm³/mol. The number of hydrogen-bond donors (Lipinski definition) is 0. The Bertz CT molecular complexity index is 1700. The van der Waals surface area contributed by atoms with Crippen LogP contribution in [0.4, 0.5) is 5.69 Å². The summed E-state index contributed by atoms with van der Waals surface area (Å²) < 4.78 is 6.58. The Hall–Kier alpha value is -3.70. The Morgan fingerprint density at radius 2 is 1.58 bits per heavy atom. The molecule has 3 aromatic rings. The van der Waals surface area contributed by atoms with Crippen molar-refractivity contribution in [2.45, 2.75) is 75.1 Å². The second kappa shape index (κ2) is 12.2. The largest absolute Gasteiger partial charge is 0.462 e. The molecular formula is C34H37N3O6S2. The first-order valence-corrected chi connectivity index (χ1v) is 17.1. The minimum atomic E-state index is -0.785. The Morgan fingerprint density at radius 3 is 2.20 bits per heavy atom. The van der Waals surface area contributed by atoms with E-state index in [1.165, 1.54) is 21.2 Å². The van der Waals surface area contributed by atoms with Crippen LogP contribution in [-0.4, -0.2) is 58.1 Å². The van der Waals surface area contributed by atoms with Crippen LogP contribution in [0.2, 0.25) is 0 Å². The lowest BCUT2D eigenvalue weighted by molar-refractivity contribution is -0.133. The number of benzene rings is 2. The maximum absolute atomic E-state index is 14.2. The molecule has 1 aromatic heterocycles. The average molecular weight is 648 g/mol. The number of fused-ring (bicyclic) bond motifs is 2. The standard InChI is InChI=1S/C34H37N3O6S2/c1-5-43-32(41)21-11-15-23(16-12-21)37-29(39)26-25(20-9-13-22(14-10-20)34(2,3)4)28-31(44-27(26)30(37)40)36(33(42)45-28)19-24(38)35-17-7-6-8-18-35/h9-16,25-27H,5-8,17-19H2,1-4H3. The molecule has 45 heavy (non-hydrogen) atoms. The second-order valence-corrected chi connectivity index (χ2v) is 14.9. The molecule has 0 bridgehead atoms. The van der Waals surface area contributed by atoms with Crippen molar-refractivity contribution >= 4 is 52.5 Å². The molecule has 2 saturated heterocycles. The van der Waals surface area contributed by atoms with Crippen LogP contribution in [0.15, 0.2) is 58.4 Å². The zero-order valence-corrected chi connectivity index (χ0v) is 27.5. The Morgan fingerprint density at radius 1 is 0.911 bits per heavy atom. The van der Waals surface area contributed by atoms with Crippen molar-refractivity contribution in [2.75, 3.05) is 24.6 Å². The van der Waals surface area contributed by atoms with Gasteiger partial charge in [0.05, 0.1) is 28.8 Å². The number of carbonyl (C=O) groups excluding carboxylic acids is 4. The van der Waals surface area contributed by atoms with Gasteiger partial charge in [-0.1, -0.05) is 68.1 Å². The Labute approximate surface area is 270 Å². The number of amides is 3. The van der Waals surface area contributed by atoms with Gasteiger partial charge in [0.15, 0.2) is 0 Å². The number of likely N-dealkylation sites (tertiary alicyclic amines) is 1. The average Bonchev–Trinajstić information content (AvgIpc) is 3.47. The number of esters is 1. The number of anilines is 1. The van der Waals surface area contributed by atoms with E-state index in [-0.39, 0.29) is 41.2 Å². The molecule has 4 heterocycles. The topological polar surface area (TPSA) is 106 Å². The van der Waals surface area contributed by atoms with E-state index in [4.69, 9.17) is 4.74 Å². The van der Waals surface area contributed by atoms with Crippen molar-refractivity contribution in [3.8, 4) is 0 Å². The lowest BCUT2D eigenvalue weighted by Crippen LogP contribution is -2.39. The second-order valence-electron chi connectivity index (χ2n) is 12.8. The van der Waals surface area contributed by atoms with Crippen LogP contribution < -0.4 is 9.77 Å². The summed E-state index contributed by atoms with van der Waals surface area (Å²) in [5.74, 6) is -2.60. The molecule has 2 fully saturated rings. The number of nitrogens with zero attached hydrogens (tertiary/aromatic N) is 3. The summed E-state index contributed by atoms with van der Waals surface area (Å²) in [6.45, 7) is 9.61. The van der Waals surface area contributed by atoms with Gasteiger partial charge < -0.3 is 9.64 Å². The highest BCUT2D eigenvalue weighted by atomic mass is 32.2. The fraction of sp³-hybridized carbons (Fsp3) is 0.441. The van der Waals surface area contributed by atoms with Crippen LogP contribution in [0.25, 0.3) is 0 Å². The number of aromatic nitrogens is 1. The molecule has 3 aliphatic heterocycles. The van der Waals surface area contributed by atoms with Gasteiger partial charge in [0.25, 0.3) is 0 Å². The summed E-state index contributed by atoms with van der Waals surface area (Å²) in [5.41, 5.74) is 2.59. The number of thioether (sulfide) groups is 1. The first-order chi connectivity index (χ1) is 21.5. The minimum Gasteiger partial charge on any atom is -0.462 e. The Kier molecular flexibility index (Phi) is 8.51. The molecular weight excluding hydrogens is 611 g/mol. The monoisotopic (exact) mass is 647 g/mol. The summed E-state index contributed by atoms with van der Waals surface area (Å²) in [5, 5.41) is -0.200. The van der Waals surface area contributed by atoms with E-state index in [1.54, 1.807) is 31.2 Å². The number of ether oxygens (including phenoxy) is 1. The third-order valence-electron chi connectivity index (χ3n) is 8.82. The highest BCUT2D eigenvalue weighted by Gasteiger charge is 2.57. The fourth-order valence-corrected chi connectivity index (χ4v) is 9.17. The van der Waals surface area contributed by atoms with Gasteiger partial charge in [0, 0.05) is 23.9 Å². The van der Waals surface area contributed by atoms with E-state index in [2.05, 4.69) is 20.8 Å². The van der Waals surface area contributed by atoms with Gasteiger partial charge in [-0.2, -0.15) is 0 Å². The minimum absolute atomic E-state index is 0.0801. The first-order valence-electron chi connectivity index (χ1n) is 15.4. The molecule has 3 unspecified atom stereocenters. The van der Waals surface area contributed by atoms with Gasteiger partial charge in [-0.25, -0.2) is 9.69 Å². The normalized spacial score (nSPS) is 21.5. The molecule has 3 amide bonds. The van der Waals surface area contributed by atoms with Crippen molar-refractivity contribution in [3.63, 3.8) is 0 Å². The maximum atomic E-state index is 14.2.